The monoisotopic (exact) mass is 245 g/mol. The van der Waals surface area contributed by atoms with Crippen LogP contribution in [-0.4, -0.2) is 6.04 Å². The molecule has 0 bridgehead atoms. The minimum Gasteiger partial charge on any atom is -0.309 e. The van der Waals surface area contributed by atoms with Crippen molar-refractivity contribution in [3.05, 3.63) is 34.9 Å². The Bertz CT molecular complexity index is 395. The number of aryl methyl sites for hydroxylation is 1. The minimum absolute atomic E-state index is 0.662. The molecule has 1 aromatic rings. The molecule has 0 fully saturated rings. The maximum absolute atomic E-state index is 3.76. The topological polar surface area (TPSA) is 12.0 Å². The average Bonchev–Trinajstić information content (AvgIpc) is 2.37. The number of nitrogens with one attached hydrogen (secondary N) is 1. The minimum atomic E-state index is 0.662. The van der Waals surface area contributed by atoms with Gasteiger partial charge in [0.1, 0.15) is 0 Å². The summed E-state index contributed by atoms with van der Waals surface area (Å²) in [6.45, 7) is 10.3. The van der Waals surface area contributed by atoms with Gasteiger partial charge in [-0.3, -0.25) is 0 Å². The zero-order valence-electron chi connectivity index (χ0n) is 12.3. The Morgan fingerprint density at radius 3 is 2.67 bits per heavy atom. The lowest BCUT2D eigenvalue weighted by atomic mass is 9.79. The molecular formula is C17H27N. The van der Waals surface area contributed by atoms with Crippen LogP contribution in [0.25, 0.3) is 0 Å². The van der Waals surface area contributed by atoms with Crippen molar-refractivity contribution < 1.29 is 0 Å². The third kappa shape index (κ3) is 2.77. The van der Waals surface area contributed by atoms with Crippen molar-refractivity contribution in [1.82, 2.24) is 5.32 Å². The lowest BCUT2D eigenvalue weighted by Crippen LogP contribution is -2.40. The van der Waals surface area contributed by atoms with E-state index < -0.39 is 0 Å². The predicted molar refractivity (Wildman–Crippen MR) is 78.9 cm³/mol. The molecule has 0 saturated heterocycles. The normalized spacial score (nSPS) is 23.2. The zero-order valence-corrected chi connectivity index (χ0v) is 12.3. The van der Waals surface area contributed by atoms with E-state index in [1.807, 2.05) is 0 Å². The quantitative estimate of drug-likeness (QED) is 0.835. The maximum atomic E-state index is 3.76. The Hall–Kier alpha value is -0.820. The number of rotatable bonds is 4. The Morgan fingerprint density at radius 1 is 1.28 bits per heavy atom. The van der Waals surface area contributed by atoms with Crippen LogP contribution in [0.1, 0.15) is 63.1 Å². The summed E-state index contributed by atoms with van der Waals surface area (Å²) in [5, 5.41) is 3.76. The van der Waals surface area contributed by atoms with Gasteiger partial charge in [0.15, 0.2) is 0 Å². The van der Waals surface area contributed by atoms with E-state index >= 15 is 0 Å². The van der Waals surface area contributed by atoms with Gasteiger partial charge in [-0.15, -0.1) is 0 Å². The van der Waals surface area contributed by atoms with Crippen molar-refractivity contribution in [1.29, 1.82) is 0 Å². The summed E-state index contributed by atoms with van der Waals surface area (Å²) in [6, 6.07) is 7.77. The molecule has 0 radical (unpaired) electrons. The van der Waals surface area contributed by atoms with Crippen LogP contribution in [0.15, 0.2) is 18.2 Å². The highest BCUT2D eigenvalue weighted by molar-refractivity contribution is 5.37. The first kappa shape index (κ1) is 13.6. The van der Waals surface area contributed by atoms with Crippen molar-refractivity contribution in [3.63, 3.8) is 0 Å². The van der Waals surface area contributed by atoms with E-state index in [1.165, 1.54) is 24.0 Å². The Kier molecular flexibility index (Phi) is 4.45. The first-order valence-electron chi connectivity index (χ1n) is 7.50. The maximum Gasteiger partial charge on any atom is 0.0211 e. The van der Waals surface area contributed by atoms with E-state index in [4.69, 9.17) is 0 Å². The molecule has 1 aliphatic heterocycles. The summed E-state index contributed by atoms with van der Waals surface area (Å²) in [4.78, 5) is 0. The summed E-state index contributed by atoms with van der Waals surface area (Å²) in [7, 11) is 0. The van der Waals surface area contributed by atoms with Crippen LogP contribution in [0.2, 0.25) is 0 Å². The van der Waals surface area contributed by atoms with Gasteiger partial charge in [-0.25, -0.2) is 0 Å². The van der Waals surface area contributed by atoms with Gasteiger partial charge in [-0.05, 0) is 47.8 Å². The Morgan fingerprint density at radius 2 is 2.06 bits per heavy atom. The van der Waals surface area contributed by atoms with E-state index in [0.717, 1.165) is 18.9 Å². The highest BCUT2D eigenvalue weighted by Gasteiger charge is 2.28. The summed E-state index contributed by atoms with van der Waals surface area (Å²) in [5.74, 6) is 1.47. The molecule has 0 spiro atoms. The molecule has 0 saturated carbocycles. The third-order valence-electron chi connectivity index (χ3n) is 4.22. The van der Waals surface area contributed by atoms with E-state index in [2.05, 4.69) is 51.2 Å². The second-order valence-corrected chi connectivity index (χ2v) is 6.02. The van der Waals surface area contributed by atoms with Crippen LogP contribution in [0, 0.1) is 5.92 Å². The highest BCUT2D eigenvalue weighted by atomic mass is 14.9. The largest absolute Gasteiger partial charge is 0.309 e. The average molecular weight is 245 g/mol. The summed E-state index contributed by atoms with van der Waals surface area (Å²) < 4.78 is 0. The molecule has 1 heterocycles. The molecule has 0 aliphatic carbocycles. The van der Waals surface area contributed by atoms with Gasteiger partial charge in [0.05, 0.1) is 0 Å². The molecule has 1 aromatic carbocycles. The fraction of sp³-hybridized carbons (Fsp3) is 0.647. The number of hydrogen-bond acceptors (Lipinski definition) is 1. The number of fused-ring (bicyclic) bond motifs is 1. The molecule has 2 rings (SSSR count). The predicted octanol–water partition coefficient (Wildman–Crippen LogP) is 4.26. The molecule has 1 nitrogen and oxygen atoms in total. The molecule has 1 N–H and O–H groups in total. The molecule has 18 heavy (non-hydrogen) atoms. The fourth-order valence-corrected chi connectivity index (χ4v) is 3.25. The Labute approximate surface area is 112 Å². The summed E-state index contributed by atoms with van der Waals surface area (Å²) in [6.07, 6.45) is 3.66. The van der Waals surface area contributed by atoms with Crippen molar-refractivity contribution in [3.8, 4) is 0 Å². The molecule has 1 aliphatic rings. The van der Waals surface area contributed by atoms with E-state index in [1.54, 1.807) is 5.56 Å². The van der Waals surface area contributed by atoms with Crippen molar-refractivity contribution in [2.24, 2.45) is 5.92 Å². The first-order valence-corrected chi connectivity index (χ1v) is 7.50. The second-order valence-electron chi connectivity index (χ2n) is 6.02. The van der Waals surface area contributed by atoms with E-state index in [0.29, 0.717) is 12.0 Å². The van der Waals surface area contributed by atoms with E-state index in [9.17, 15) is 0 Å². The van der Waals surface area contributed by atoms with Crippen LogP contribution in [0.3, 0.4) is 0 Å². The third-order valence-corrected chi connectivity index (χ3v) is 4.22. The van der Waals surface area contributed by atoms with Crippen LogP contribution in [0.4, 0.5) is 0 Å². The zero-order chi connectivity index (χ0) is 13.1. The van der Waals surface area contributed by atoms with Crippen LogP contribution >= 0.6 is 0 Å². The smallest absolute Gasteiger partial charge is 0.0211 e. The van der Waals surface area contributed by atoms with Crippen LogP contribution in [-0.2, 0) is 13.0 Å². The molecular weight excluding hydrogens is 218 g/mol. The molecule has 2 atom stereocenters. The molecule has 100 valence electrons. The van der Waals surface area contributed by atoms with Crippen molar-refractivity contribution in [2.75, 3.05) is 0 Å². The van der Waals surface area contributed by atoms with Gasteiger partial charge in [0.2, 0.25) is 0 Å². The van der Waals surface area contributed by atoms with Gasteiger partial charge in [-0.1, -0.05) is 45.9 Å². The van der Waals surface area contributed by atoms with Crippen LogP contribution in [0.5, 0.6) is 0 Å². The van der Waals surface area contributed by atoms with Gasteiger partial charge < -0.3 is 5.32 Å². The fourth-order valence-electron chi connectivity index (χ4n) is 3.25. The lowest BCUT2D eigenvalue weighted by Gasteiger charge is -2.35. The number of benzene rings is 1. The standard InChI is InChI=1S/C17H27N/c1-5-13-7-8-16-14(10-13)11-18-17(9-12(3)4)15(16)6-2/h7-8,10,12,15,17-18H,5-6,9,11H2,1-4H3. The van der Waals surface area contributed by atoms with Gasteiger partial charge in [0.25, 0.3) is 0 Å². The molecule has 2 unspecified atom stereocenters. The highest BCUT2D eigenvalue weighted by Crippen LogP contribution is 2.33. The summed E-state index contributed by atoms with van der Waals surface area (Å²) >= 11 is 0. The number of hydrogen-bond donors (Lipinski definition) is 1. The Balaban J connectivity index is 2.26. The SMILES string of the molecule is CCc1ccc2c(c1)CNC(CC(C)C)C2CC. The van der Waals surface area contributed by atoms with Gasteiger partial charge in [-0.2, -0.15) is 0 Å². The van der Waals surface area contributed by atoms with Crippen molar-refractivity contribution >= 4 is 0 Å². The van der Waals surface area contributed by atoms with Gasteiger partial charge >= 0.3 is 0 Å². The first-order chi connectivity index (χ1) is 8.65. The molecule has 0 amide bonds. The van der Waals surface area contributed by atoms with Gasteiger partial charge in [0, 0.05) is 12.6 Å². The lowest BCUT2D eigenvalue weighted by molar-refractivity contribution is 0.337. The molecule has 1 heteroatoms. The van der Waals surface area contributed by atoms with Crippen molar-refractivity contribution in [2.45, 2.75) is 65.5 Å². The summed E-state index contributed by atoms with van der Waals surface area (Å²) in [5.41, 5.74) is 4.59. The molecule has 0 aromatic heterocycles. The van der Waals surface area contributed by atoms with E-state index in [-0.39, 0.29) is 0 Å². The van der Waals surface area contributed by atoms with Crippen LogP contribution < -0.4 is 5.32 Å². The second kappa shape index (κ2) is 5.88.